The predicted octanol–water partition coefficient (Wildman–Crippen LogP) is 2.27. The van der Waals surface area contributed by atoms with Crippen LogP contribution in [0.5, 0.6) is 5.75 Å². The highest BCUT2D eigenvalue weighted by atomic mass is 79.9. The summed E-state index contributed by atoms with van der Waals surface area (Å²) in [6, 6.07) is 0. The highest BCUT2D eigenvalue weighted by molar-refractivity contribution is 9.10. The first-order chi connectivity index (χ1) is 6.99. The number of halogens is 3. The lowest BCUT2D eigenvalue weighted by Crippen LogP contribution is -2.05. The Bertz CT molecular complexity index is 398. The van der Waals surface area contributed by atoms with Crippen molar-refractivity contribution in [2.45, 2.75) is 6.43 Å². The van der Waals surface area contributed by atoms with Crippen molar-refractivity contribution in [3.8, 4) is 5.75 Å². The van der Waals surface area contributed by atoms with Gasteiger partial charge in [0.2, 0.25) is 0 Å². The van der Waals surface area contributed by atoms with E-state index in [-0.39, 0.29) is 10.0 Å². The molecule has 0 spiro atoms. The van der Waals surface area contributed by atoms with E-state index in [4.69, 9.17) is 0 Å². The van der Waals surface area contributed by atoms with Gasteiger partial charge in [-0.05, 0) is 15.9 Å². The van der Waals surface area contributed by atoms with Gasteiger partial charge >= 0.3 is 5.97 Å². The molecule has 4 nitrogen and oxygen atoms in total. The number of aromatic hydroxyl groups is 1. The molecule has 1 aromatic rings. The van der Waals surface area contributed by atoms with E-state index in [9.17, 15) is 18.7 Å². The van der Waals surface area contributed by atoms with Crippen LogP contribution < -0.4 is 0 Å². The van der Waals surface area contributed by atoms with Crippen LogP contribution in [0.1, 0.15) is 22.5 Å². The number of ether oxygens (including phenoxy) is 1. The van der Waals surface area contributed by atoms with Crippen LogP contribution in [0.15, 0.2) is 10.7 Å². The molecule has 0 saturated carbocycles. The molecule has 0 amide bonds. The second-order valence-corrected chi connectivity index (χ2v) is 3.30. The minimum atomic E-state index is -2.91. The molecule has 0 unspecified atom stereocenters. The summed E-state index contributed by atoms with van der Waals surface area (Å²) in [6.45, 7) is 0. The molecule has 0 saturated heterocycles. The highest BCUT2D eigenvalue weighted by Crippen LogP contribution is 2.34. The van der Waals surface area contributed by atoms with Gasteiger partial charge in [0, 0.05) is 6.20 Å². The van der Waals surface area contributed by atoms with E-state index in [1.165, 1.54) is 0 Å². The van der Waals surface area contributed by atoms with Crippen LogP contribution >= 0.6 is 15.9 Å². The maximum absolute atomic E-state index is 12.3. The fourth-order valence-electron chi connectivity index (χ4n) is 0.904. The average Bonchev–Trinajstić information content (AvgIpc) is 2.20. The first kappa shape index (κ1) is 11.8. The molecule has 0 radical (unpaired) electrons. The number of aromatic nitrogens is 1. The lowest BCUT2D eigenvalue weighted by Gasteiger charge is -2.07. The third-order valence-corrected chi connectivity index (χ3v) is 2.43. The van der Waals surface area contributed by atoms with Crippen LogP contribution in [-0.2, 0) is 4.74 Å². The van der Waals surface area contributed by atoms with Crippen molar-refractivity contribution in [1.29, 1.82) is 0 Å². The summed E-state index contributed by atoms with van der Waals surface area (Å²) in [6.07, 6.45) is -2.00. The Labute approximate surface area is 92.0 Å². The number of esters is 1. The van der Waals surface area contributed by atoms with Crippen molar-refractivity contribution in [3.63, 3.8) is 0 Å². The Morgan fingerprint density at radius 1 is 1.67 bits per heavy atom. The van der Waals surface area contributed by atoms with E-state index < -0.39 is 23.8 Å². The smallest absolute Gasteiger partial charge is 0.340 e. The van der Waals surface area contributed by atoms with Gasteiger partial charge in [-0.2, -0.15) is 0 Å². The SMILES string of the molecule is COC(=O)c1cnc(C(F)F)c(O)c1Br. The largest absolute Gasteiger partial charge is 0.505 e. The standard InChI is InChI=1S/C8H6BrF2NO3/c1-15-8(14)3-2-12-5(7(10)11)6(13)4(3)9/h2,7,13H,1H3. The second-order valence-electron chi connectivity index (χ2n) is 2.51. The average molecular weight is 282 g/mol. The molecule has 1 heterocycles. The van der Waals surface area contributed by atoms with Crippen molar-refractivity contribution in [2.24, 2.45) is 0 Å². The minimum absolute atomic E-state index is 0.112. The fourth-order valence-corrected chi connectivity index (χ4v) is 1.37. The summed E-state index contributed by atoms with van der Waals surface area (Å²) >= 11 is 2.82. The molecular formula is C8H6BrF2NO3. The van der Waals surface area contributed by atoms with Gasteiger partial charge in [-0.25, -0.2) is 13.6 Å². The molecule has 82 valence electrons. The molecule has 0 atom stereocenters. The molecule has 0 fully saturated rings. The molecule has 1 aromatic heterocycles. The molecule has 15 heavy (non-hydrogen) atoms. The molecule has 0 bridgehead atoms. The first-order valence-electron chi connectivity index (χ1n) is 3.72. The lowest BCUT2D eigenvalue weighted by molar-refractivity contribution is 0.0597. The van der Waals surface area contributed by atoms with Crippen LogP contribution in [0.25, 0.3) is 0 Å². The van der Waals surface area contributed by atoms with Crippen molar-refractivity contribution in [3.05, 3.63) is 21.9 Å². The quantitative estimate of drug-likeness (QED) is 0.845. The van der Waals surface area contributed by atoms with Crippen LogP contribution in [0.2, 0.25) is 0 Å². The zero-order valence-corrected chi connectivity index (χ0v) is 9.09. The number of pyridine rings is 1. The van der Waals surface area contributed by atoms with Gasteiger partial charge in [-0.3, -0.25) is 4.98 Å². The molecule has 0 aliphatic carbocycles. The summed E-state index contributed by atoms with van der Waals surface area (Å²) < 4.78 is 28.7. The summed E-state index contributed by atoms with van der Waals surface area (Å²) in [7, 11) is 1.13. The highest BCUT2D eigenvalue weighted by Gasteiger charge is 2.22. The van der Waals surface area contributed by atoms with E-state index in [1.807, 2.05) is 0 Å². The Kier molecular flexibility index (Phi) is 3.57. The van der Waals surface area contributed by atoms with Gasteiger partial charge in [-0.1, -0.05) is 0 Å². The van der Waals surface area contributed by atoms with Gasteiger partial charge in [0.15, 0.2) is 5.75 Å². The Balaban J connectivity index is 3.27. The van der Waals surface area contributed by atoms with E-state index >= 15 is 0 Å². The molecule has 0 aliphatic heterocycles. The third-order valence-electron chi connectivity index (χ3n) is 1.63. The number of rotatable bonds is 2. The number of nitrogens with zero attached hydrogens (tertiary/aromatic N) is 1. The van der Waals surface area contributed by atoms with Gasteiger partial charge in [0.1, 0.15) is 5.69 Å². The van der Waals surface area contributed by atoms with Gasteiger partial charge < -0.3 is 9.84 Å². The van der Waals surface area contributed by atoms with Crippen LogP contribution in [0, 0.1) is 0 Å². The maximum Gasteiger partial charge on any atom is 0.340 e. The minimum Gasteiger partial charge on any atom is -0.505 e. The lowest BCUT2D eigenvalue weighted by atomic mass is 10.2. The summed E-state index contributed by atoms with van der Waals surface area (Å²) in [5.74, 6) is -1.53. The summed E-state index contributed by atoms with van der Waals surface area (Å²) in [5, 5.41) is 9.30. The monoisotopic (exact) mass is 281 g/mol. The van der Waals surface area contributed by atoms with E-state index in [1.54, 1.807) is 0 Å². The topological polar surface area (TPSA) is 59.4 Å². The van der Waals surface area contributed by atoms with Crippen LogP contribution in [-0.4, -0.2) is 23.2 Å². The molecule has 1 N–H and O–H groups in total. The molecule has 7 heteroatoms. The number of hydrogen-bond acceptors (Lipinski definition) is 4. The Morgan fingerprint density at radius 2 is 2.27 bits per heavy atom. The summed E-state index contributed by atoms with van der Waals surface area (Å²) in [5.41, 5.74) is -0.895. The zero-order chi connectivity index (χ0) is 11.6. The van der Waals surface area contributed by atoms with E-state index in [0.717, 1.165) is 13.3 Å². The predicted molar refractivity (Wildman–Crippen MR) is 49.9 cm³/mol. The van der Waals surface area contributed by atoms with Crippen molar-refractivity contribution in [2.75, 3.05) is 7.11 Å². The van der Waals surface area contributed by atoms with Crippen molar-refractivity contribution in [1.82, 2.24) is 4.98 Å². The maximum atomic E-state index is 12.3. The normalized spacial score (nSPS) is 10.5. The van der Waals surface area contributed by atoms with Gasteiger partial charge in [0.25, 0.3) is 6.43 Å². The summed E-state index contributed by atoms with van der Waals surface area (Å²) in [4.78, 5) is 14.4. The Hall–Kier alpha value is -1.24. The van der Waals surface area contributed by atoms with Crippen molar-refractivity contribution >= 4 is 21.9 Å². The Morgan fingerprint density at radius 3 is 2.73 bits per heavy atom. The number of alkyl halides is 2. The molecular weight excluding hydrogens is 276 g/mol. The number of carbonyl (C=O) groups excluding carboxylic acids is 1. The molecule has 0 aromatic carbocycles. The van der Waals surface area contributed by atoms with E-state index in [0.29, 0.717) is 0 Å². The zero-order valence-electron chi connectivity index (χ0n) is 7.50. The van der Waals surface area contributed by atoms with E-state index in [2.05, 4.69) is 25.7 Å². The van der Waals surface area contributed by atoms with Gasteiger partial charge in [0.05, 0.1) is 17.1 Å². The van der Waals surface area contributed by atoms with Crippen molar-refractivity contribution < 1.29 is 23.4 Å². The number of methoxy groups -OCH3 is 1. The van der Waals surface area contributed by atoms with Crippen LogP contribution in [0.4, 0.5) is 8.78 Å². The van der Waals surface area contributed by atoms with Gasteiger partial charge in [-0.15, -0.1) is 0 Å². The number of hydrogen-bond donors (Lipinski definition) is 1. The first-order valence-corrected chi connectivity index (χ1v) is 4.52. The third kappa shape index (κ3) is 2.23. The second kappa shape index (κ2) is 4.52. The fraction of sp³-hybridized carbons (Fsp3) is 0.250. The van der Waals surface area contributed by atoms with Crippen LogP contribution in [0.3, 0.4) is 0 Å². The molecule has 0 aliphatic rings. The number of carbonyl (C=O) groups is 1. The molecule has 1 rings (SSSR count).